The smallest absolute Gasteiger partial charge is 0.0677 e. The van der Waals surface area contributed by atoms with Gasteiger partial charge < -0.3 is 5.73 Å². The largest absolute Gasteiger partial charge is 0.320 e. The zero-order valence-electron chi connectivity index (χ0n) is 7.34. The van der Waals surface area contributed by atoms with Crippen molar-refractivity contribution < 1.29 is 0 Å². The molecule has 13 heavy (non-hydrogen) atoms. The molecular formula is C9H11N3S. The van der Waals surface area contributed by atoms with Gasteiger partial charge in [0.25, 0.3) is 0 Å². The van der Waals surface area contributed by atoms with Crippen LogP contribution in [0, 0.1) is 0 Å². The SMILES string of the molecule is Cn1cc(C(N)c2cccs2)cn1. The molecule has 0 aromatic carbocycles. The first-order valence-electron chi connectivity index (χ1n) is 4.05. The van der Waals surface area contributed by atoms with E-state index in [4.69, 9.17) is 5.73 Å². The summed E-state index contributed by atoms with van der Waals surface area (Å²) in [5.41, 5.74) is 7.09. The molecular weight excluding hydrogens is 182 g/mol. The number of aryl methyl sites for hydroxylation is 1. The minimum Gasteiger partial charge on any atom is -0.320 e. The number of hydrogen-bond acceptors (Lipinski definition) is 3. The fraction of sp³-hybridized carbons (Fsp3) is 0.222. The van der Waals surface area contributed by atoms with Crippen molar-refractivity contribution in [2.24, 2.45) is 12.8 Å². The van der Waals surface area contributed by atoms with Crippen molar-refractivity contribution in [3.05, 3.63) is 40.3 Å². The molecule has 3 nitrogen and oxygen atoms in total. The van der Waals surface area contributed by atoms with Crippen molar-refractivity contribution in [3.63, 3.8) is 0 Å². The molecule has 0 aliphatic carbocycles. The summed E-state index contributed by atoms with van der Waals surface area (Å²) < 4.78 is 1.77. The van der Waals surface area contributed by atoms with E-state index in [1.54, 1.807) is 16.0 Å². The van der Waals surface area contributed by atoms with Crippen molar-refractivity contribution in [2.75, 3.05) is 0 Å². The third-order valence-corrected chi connectivity index (χ3v) is 2.89. The molecule has 0 bridgehead atoms. The summed E-state index contributed by atoms with van der Waals surface area (Å²) in [5.74, 6) is 0. The molecule has 0 fully saturated rings. The minimum atomic E-state index is -0.0336. The Kier molecular flexibility index (Phi) is 2.16. The normalized spacial score (nSPS) is 13.1. The number of hydrogen-bond donors (Lipinski definition) is 1. The molecule has 0 radical (unpaired) electrons. The van der Waals surface area contributed by atoms with Crippen LogP contribution in [0.1, 0.15) is 16.5 Å². The Hall–Kier alpha value is -1.13. The monoisotopic (exact) mass is 193 g/mol. The van der Waals surface area contributed by atoms with Gasteiger partial charge >= 0.3 is 0 Å². The van der Waals surface area contributed by atoms with E-state index < -0.39 is 0 Å². The van der Waals surface area contributed by atoms with E-state index in [1.165, 1.54) is 4.88 Å². The third kappa shape index (κ3) is 1.64. The summed E-state index contributed by atoms with van der Waals surface area (Å²) >= 11 is 1.67. The first-order chi connectivity index (χ1) is 6.27. The summed E-state index contributed by atoms with van der Waals surface area (Å²) in [5, 5.41) is 6.12. The van der Waals surface area contributed by atoms with E-state index in [2.05, 4.69) is 5.10 Å². The molecule has 0 aliphatic heterocycles. The highest BCUT2D eigenvalue weighted by atomic mass is 32.1. The molecule has 2 heterocycles. The van der Waals surface area contributed by atoms with E-state index in [0.717, 1.165) is 5.56 Å². The highest BCUT2D eigenvalue weighted by Crippen LogP contribution is 2.22. The van der Waals surface area contributed by atoms with Crippen LogP contribution in [0.25, 0.3) is 0 Å². The number of aromatic nitrogens is 2. The summed E-state index contributed by atoms with van der Waals surface area (Å²) in [4.78, 5) is 1.17. The van der Waals surface area contributed by atoms with Crippen LogP contribution in [0.5, 0.6) is 0 Å². The predicted octanol–water partition coefficient (Wildman–Crippen LogP) is 1.53. The Morgan fingerprint density at radius 3 is 3.00 bits per heavy atom. The summed E-state index contributed by atoms with van der Waals surface area (Å²) in [6, 6.07) is 4.02. The van der Waals surface area contributed by atoms with Gasteiger partial charge in [-0.3, -0.25) is 4.68 Å². The number of nitrogens with zero attached hydrogens (tertiary/aromatic N) is 2. The molecule has 0 spiro atoms. The molecule has 4 heteroatoms. The van der Waals surface area contributed by atoms with Crippen LogP contribution in [-0.4, -0.2) is 9.78 Å². The molecule has 1 atom stereocenters. The molecule has 0 saturated heterocycles. The summed E-state index contributed by atoms with van der Waals surface area (Å²) in [6.07, 6.45) is 3.76. The molecule has 0 saturated carbocycles. The standard InChI is InChI=1S/C9H11N3S/c1-12-6-7(5-11-12)9(10)8-3-2-4-13-8/h2-6,9H,10H2,1H3. The van der Waals surface area contributed by atoms with Gasteiger partial charge in [0.2, 0.25) is 0 Å². The zero-order valence-corrected chi connectivity index (χ0v) is 8.16. The minimum absolute atomic E-state index is 0.0336. The second-order valence-corrected chi connectivity index (χ2v) is 3.92. The fourth-order valence-corrected chi connectivity index (χ4v) is 1.99. The Labute approximate surface area is 80.8 Å². The van der Waals surface area contributed by atoms with Crippen LogP contribution in [0.3, 0.4) is 0 Å². The van der Waals surface area contributed by atoms with Gasteiger partial charge in [-0.1, -0.05) is 6.07 Å². The molecule has 68 valence electrons. The Balaban J connectivity index is 2.28. The lowest BCUT2D eigenvalue weighted by Gasteiger charge is -2.05. The van der Waals surface area contributed by atoms with Gasteiger partial charge in [-0.2, -0.15) is 5.10 Å². The predicted molar refractivity (Wildman–Crippen MR) is 53.6 cm³/mol. The van der Waals surface area contributed by atoms with Gasteiger partial charge in [0.1, 0.15) is 0 Å². The van der Waals surface area contributed by atoms with Crippen LogP contribution in [0.4, 0.5) is 0 Å². The lowest BCUT2D eigenvalue weighted by atomic mass is 10.1. The van der Waals surface area contributed by atoms with Crippen LogP contribution in [0.2, 0.25) is 0 Å². The molecule has 2 aromatic rings. The fourth-order valence-electron chi connectivity index (χ4n) is 1.23. The van der Waals surface area contributed by atoms with Gasteiger partial charge in [0.05, 0.1) is 12.2 Å². The van der Waals surface area contributed by atoms with Crippen molar-refractivity contribution in [3.8, 4) is 0 Å². The average molecular weight is 193 g/mol. The van der Waals surface area contributed by atoms with Crippen molar-refractivity contribution >= 4 is 11.3 Å². The van der Waals surface area contributed by atoms with Gasteiger partial charge in [0, 0.05) is 23.7 Å². The van der Waals surface area contributed by atoms with Crippen LogP contribution in [-0.2, 0) is 7.05 Å². The van der Waals surface area contributed by atoms with Gasteiger partial charge in [-0.25, -0.2) is 0 Å². The molecule has 2 N–H and O–H groups in total. The lowest BCUT2D eigenvalue weighted by Crippen LogP contribution is -2.08. The van der Waals surface area contributed by atoms with Crippen LogP contribution < -0.4 is 5.73 Å². The Bertz CT molecular complexity index is 377. The van der Waals surface area contributed by atoms with E-state index in [0.29, 0.717) is 0 Å². The molecule has 1 unspecified atom stereocenters. The first kappa shape index (κ1) is 8.47. The van der Waals surface area contributed by atoms with E-state index in [9.17, 15) is 0 Å². The van der Waals surface area contributed by atoms with Crippen molar-refractivity contribution in [2.45, 2.75) is 6.04 Å². The van der Waals surface area contributed by atoms with E-state index in [1.807, 2.05) is 37.0 Å². The van der Waals surface area contributed by atoms with Crippen LogP contribution in [0.15, 0.2) is 29.9 Å². The van der Waals surface area contributed by atoms with Gasteiger partial charge in [-0.05, 0) is 11.4 Å². The van der Waals surface area contributed by atoms with Crippen molar-refractivity contribution in [1.29, 1.82) is 0 Å². The number of nitrogens with two attached hydrogens (primary N) is 1. The molecule has 2 rings (SSSR count). The third-order valence-electron chi connectivity index (χ3n) is 1.93. The van der Waals surface area contributed by atoms with Gasteiger partial charge in [0.15, 0.2) is 0 Å². The second-order valence-electron chi connectivity index (χ2n) is 2.94. The highest BCUT2D eigenvalue weighted by molar-refractivity contribution is 7.10. The highest BCUT2D eigenvalue weighted by Gasteiger charge is 2.10. The van der Waals surface area contributed by atoms with Crippen molar-refractivity contribution in [1.82, 2.24) is 9.78 Å². The summed E-state index contributed by atoms with van der Waals surface area (Å²) in [6.45, 7) is 0. The Morgan fingerprint density at radius 2 is 2.46 bits per heavy atom. The van der Waals surface area contributed by atoms with Crippen LogP contribution >= 0.6 is 11.3 Å². The molecule has 0 aliphatic rings. The second kappa shape index (κ2) is 3.32. The maximum absolute atomic E-state index is 6.03. The van der Waals surface area contributed by atoms with Gasteiger partial charge in [-0.15, -0.1) is 11.3 Å². The van der Waals surface area contributed by atoms with E-state index >= 15 is 0 Å². The maximum Gasteiger partial charge on any atom is 0.0677 e. The number of thiophene rings is 1. The quantitative estimate of drug-likeness (QED) is 0.786. The zero-order chi connectivity index (χ0) is 9.26. The maximum atomic E-state index is 6.03. The summed E-state index contributed by atoms with van der Waals surface area (Å²) in [7, 11) is 1.89. The average Bonchev–Trinajstić information content (AvgIpc) is 2.72. The number of rotatable bonds is 2. The molecule has 0 amide bonds. The lowest BCUT2D eigenvalue weighted by molar-refractivity contribution is 0.765. The topological polar surface area (TPSA) is 43.8 Å². The Morgan fingerprint density at radius 1 is 1.62 bits per heavy atom. The molecule has 2 aromatic heterocycles. The first-order valence-corrected chi connectivity index (χ1v) is 4.93. The van der Waals surface area contributed by atoms with E-state index in [-0.39, 0.29) is 6.04 Å².